The summed E-state index contributed by atoms with van der Waals surface area (Å²) in [6.45, 7) is 4.78. The molecule has 0 bridgehead atoms. The lowest BCUT2D eigenvalue weighted by atomic mass is 10.0. The highest BCUT2D eigenvalue weighted by atomic mass is 16.5. The van der Waals surface area contributed by atoms with E-state index in [9.17, 15) is 10.1 Å². The Bertz CT molecular complexity index is 1420. The number of nitrogens with one attached hydrogen (secondary N) is 1. The molecule has 0 aliphatic rings. The molecule has 1 N–H and O–H groups in total. The van der Waals surface area contributed by atoms with Crippen LogP contribution in [-0.2, 0) is 4.79 Å². The fourth-order valence-corrected chi connectivity index (χ4v) is 4.26. The molecule has 1 amide bonds. The van der Waals surface area contributed by atoms with Crippen molar-refractivity contribution in [3.63, 3.8) is 0 Å². The van der Waals surface area contributed by atoms with Gasteiger partial charge in [0.15, 0.2) is 0 Å². The first-order valence-electron chi connectivity index (χ1n) is 13.4. The molecule has 1 atom stereocenters. The summed E-state index contributed by atoms with van der Waals surface area (Å²) in [4.78, 5) is 13.1. The van der Waals surface area contributed by atoms with Gasteiger partial charge in [-0.25, -0.2) is 4.68 Å². The van der Waals surface area contributed by atoms with Gasteiger partial charge in [0.1, 0.15) is 17.4 Å². The van der Waals surface area contributed by atoms with E-state index in [1.54, 1.807) is 10.8 Å². The minimum atomic E-state index is -0.431. The van der Waals surface area contributed by atoms with Gasteiger partial charge in [0.25, 0.3) is 5.91 Å². The zero-order chi connectivity index (χ0) is 27.5. The second-order valence-electron chi connectivity index (χ2n) is 9.42. The van der Waals surface area contributed by atoms with Crippen LogP contribution in [0.5, 0.6) is 5.75 Å². The van der Waals surface area contributed by atoms with E-state index >= 15 is 0 Å². The number of hydrogen-bond acceptors (Lipinski definition) is 4. The Labute approximate surface area is 230 Å². The van der Waals surface area contributed by atoms with Crippen LogP contribution < -0.4 is 10.1 Å². The number of unbranched alkanes of at least 4 members (excludes halogenated alkanes) is 3. The molecule has 0 saturated heterocycles. The Hall–Kier alpha value is -4.63. The van der Waals surface area contributed by atoms with Gasteiger partial charge in [-0.15, -0.1) is 0 Å². The van der Waals surface area contributed by atoms with Crippen molar-refractivity contribution in [1.82, 2.24) is 15.1 Å². The molecular formula is C33H34N4O2. The highest BCUT2D eigenvalue weighted by molar-refractivity contribution is 6.02. The van der Waals surface area contributed by atoms with Crippen molar-refractivity contribution in [2.24, 2.45) is 0 Å². The third-order valence-corrected chi connectivity index (χ3v) is 6.47. The van der Waals surface area contributed by atoms with Crippen LogP contribution in [-0.4, -0.2) is 22.3 Å². The predicted octanol–water partition coefficient (Wildman–Crippen LogP) is 7.28. The summed E-state index contributed by atoms with van der Waals surface area (Å²) in [5.74, 6) is 0.376. The first-order valence-corrected chi connectivity index (χ1v) is 13.4. The van der Waals surface area contributed by atoms with Crippen LogP contribution in [0.25, 0.3) is 23.0 Å². The molecule has 0 aliphatic heterocycles. The van der Waals surface area contributed by atoms with Crippen LogP contribution in [0.2, 0.25) is 0 Å². The SMILES string of the molecule is CCCCCCOc1ccc(-c2nn(-c3ccccc3)cc2/C=C(\C#N)C(=O)N[C@@H](C)c2ccccc2)cc1. The summed E-state index contributed by atoms with van der Waals surface area (Å²) in [6, 6.07) is 29.0. The van der Waals surface area contributed by atoms with E-state index in [0.29, 0.717) is 17.9 Å². The number of nitrogens with zero attached hydrogens (tertiary/aromatic N) is 3. The summed E-state index contributed by atoms with van der Waals surface area (Å²) in [6.07, 6.45) is 8.06. The minimum absolute atomic E-state index is 0.0127. The summed E-state index contributed by atoms with van der Waals surface area (Å²) in [5, 5.41) is 17.6. The van der Waals surface area contributed by atoms with E-state index in [-0.39, 0.29) is 11.6 Å². The Morgan fingerprint density at radius 3 is 2.36 bits per heavy atom. The summed E-state index contributed by atoms with van der Waals surface area (Å²) < 4.78 is 7.66. The van der Waals surface area contributed by atoms with Gasteiger partial charge in [-0.2, -0.15) is 10.4 Å². The molecular weight excluding hydrogens is 484 g/mol. The molecule has 6 nitrogen and oxygen atoms in total. The third kappa shape index (κ3) is 7.45. The molecule has 1 aromatic heterocycles. The number of carbonyl (C=O) groups excluding carboxylic acids is 1. The monoisotopic (exact) mass is 518 g/mol. The Balaban J connectivity index is 1.60. The van der Waals surface area contributed by atoms with Crippen LogP contribution in [0, 0.1) is 11.3 Å². The number of amides is 1. The van der Waals surface area contributed by atoms with Crippen molar-refractivity contribution in [2.45, 2.75) is 45.6 Å². The minimum Gasteiger partial charge on any atom is -0.494 e. The van der Waals surface area contributed by atoms with E-state index in [1.165, 1.54) is 19.3 Å². The summed E-state index contributed by atoms with van der Waals surface area (Å²) >= 11 is 0. The van der Waals surface area contributed by atoms with Crippen molar-refractivity contribution in [3.8, 4) is 28.8 Å². The molecule has 4 aromatic rings. The number of ether oxygens (including phenoxy) is 1. The van der Waals surface area contributed by atoms with Gasteiger partial charge in [-0.1, -0.05) is 74.7 Å². The van der Waals surface area contributed by atoms with Crippen LogP contribution in [0.15, 0.2) is 96.7 Å². The number of para-hydroxylation sites is 1. The standard InChI is InChI=1S/C33H34N4O2/c1-3-4-5-12-21-39-31-19-17-27(18-20-31)32-29(24-37(36-32)30-15-10-7-11-16-30)22-28(23-34)33(38)35-25(2)26-13-8-6-9-14-26/h6-11,13-20,22,24-25H,3-5,12,21H2,1-2H3,(H,35,38)/b28-22+/t25-/m0/s1. The molecule has 4 rings (SSSR count). The highest BCUT2D eigenvalue weighted by Crippen LogP contribution is 2.28. The molecule has 0 aliphatic carbocycles. The second kappa shape index (κ2) is 13.8. The van der Waals surface area contributed by atoms with E-state index < -0.39 is 5.91 Å². The lowest BCUT2D eigenvalue weighted by Crippen LogP contribution is -2.27. The van der Waals surface area contributed by atoms with Crippen LogP contribution in [0.4, 0.5) is 0 Å². The molecule has 6 heteroatoms. The quantitative estimate of drug-likeness (QED) is 0.121. The number of carbonyl (C=O) groups is 1. The molecule has 39 heavy (non-hydrogen) atoms. The molecule has 3 aromatic carbocycles. The van der Waals surface area contributed by atoms with Gasteiger partial charge in [0.05, 0.1) is 24.0 Å². The molecule has 0 unspecified atom stereocenters. The van der Waals surface area contributed by atoms with Crippen molar-refractivity contribution in [3.05, 3.63) is 108 Å². The van der Waals surface area contributed by atoms with Gasteiger partial charge in [-0.05, 0) is 61.4 Å². The topological polar surface area (TPSA) is 79.9 Å². The normalized spacial score (nSPS) is 12.0. The summed E-state index contributed by atoms with van der Waals surface area (Å²) in [5.41, 5.74) is 4.07. The smallest absolute Gasteiger partial charge is 0.262 e. The highest BCUT2D eigenvalue weighted by Gasteiger charge is 2.17. The number of rotatable bonds is 12. The van der Waals surface area contributed by atoms with E-state index in [4.69, 9.17) is 9.84 Å². The van der Waals surface area contributed by atoms with Crippen LogP contribution >= 0.6 is 0 Å². The lowest BCUT2D eigenvalue weighted by molar-refractivity contribution is -0.117. The predicted molar refractivity (Wildman–Crippen MR) is 155 cm³/mol. The molecule has 0 radical (unpaired) electrons. The fraction of sp³-hybridized carbons (Fsp3) is 0.242. The van der Waals surface area contributed by atoms with Gasteiger partial charge in [0.2, 0.25) is 0 Å². The van der Waals surface area contributed by atoms with Crippen molar-refractivity contribution in [1.29, 1.82) is 5.26 Å². The van der Waals surface area contributed by atoms with Crippen LogP contribution in [0.3, 0.4) is 0 Å². The molecule has 1 heterocycles. The van der Waals surface area contributed by atoms with E-state index in [1.807, 2.05) is 98.0 Å². The zero-order valence-corrected chi connectivity index (χ0v) is 22.5. The Kier molecular flexibility index (Phi) is 9.68. The Morgan fingerprint density at radius 2 is 1.69 bits per heavy atom. The largest absolute Gasteiger partial charge is 0.494 e. The van der Waals surface area contributed by atoms with Gasteiger partial charge in [-0.3, -0.25) is 4.79 Å². The maximum absolute atomic E-state index is 13.1. The molecule has 0 saturated carbocycles. The number of aromatic nitrogens is 2. The van der Waals surface area contributed by atoms with Crippen LogP contribution in [0.1, 0.15) is 56.7 Å². The molecule has 0 fully saturated rings. The van der Waals surface area contributed by atoms with Gasteiger partial charge < -0.3 is 10.1 Å². The van der Waals surface area contributed by atoms with Gasteiger partial charge in [0, 0.05) is 17.3 Å². The first-order chi connectivity index (χ1) is 19.1. The molecule has 198 valence electrons. The van der Waals surface area contributed by atoms with Crippen molar-refractivity contribution >= 4 is 12.0 Å². The average molecular weight is 519 g/mol. The molecule has 0 spiro atoms. The van der Waals surface area contributed by atoms with Crippen molar-refractivity contribution < 1.29 is 9.53 Å². The number of hydrogen-bond donors (Lipinski definition) is 1. The third-order valence-electron chi connectivity index (χ3n) is 6.47. The van der Waals surface area contributed by atoms with E-state index in [0.717, 1.165) is 29.0 Å². The maximum Gasteiger partial charge on any atom is 0.262 e. The fourth-order valence-electron chi connectivity index (χ4n) is 4.26. The summed E-state index contributed by atoms with van der Waals surface area (Å²) in [7, 11) is 0. The zero-order valence-electron chi connectivity index (χ0n) is 22.5. The lowest BCUT2D eigenvalue weighted by Gasteiger charge is -2.13. The average Bonchev–Trinajstić information content (AvgIpc) is 3.41. The van der Waals surface area contributed by atoms with Gasteiger partial charge >= 0.3 is 0 Å². The van der Waals surface area contributed by atoms with E-state index in [2.05, 4.69) is 18.3 Å². The first kappa shape index (κ1) is 27.4. The maximum atomic E-state index is 13.1. The number of nitriles is 1. The Morgan fingerprint density at radius 1 is 1.00 bits per heavy atom. The number of benzene rings is 3. The second-order valence-corrected chi connectivity index (χ2v) is 9.42. The van der Waals surface area contributed by atoms with Crippen molar-refractivity contribution in [2.75, 3.05) is 6.61 Å².